The minimum atomic E-state index is -2.17. The molecule has 0 saturated carbocycles. The Hall–Kier alpha value is -7.39. The smallest absolute Gasteiger partial charge is 0.330 e. The molecule has 3 aliphatic rings. The van der Waals surface area contributed by atoms with E-state index < -0.39 is 152 Å². The number of carboxylic acid groups (broad SMARTS) is 2. The number of benzene rings is 3. The molecular formula is C42H43O25+. The number of carboxylic acids is 2. The molecule has 25 heteroatoms. The minimum Gasteiger partial charge on any atom is -0.571 e. The molecule has 11 atom stereocenters. The van der Waals surface area contributed by atoms with Crippen LogP contribution in [0.5, 0.6) is 40.2 Å². The fraction of sp³-hybridized carbons (Fsp3) is 0.357. The summed E-state index contributed by atoms with van der Waals surface area (Å²) in [5, 5.41) is 124. The van der Waals surface area contributed by atoms with Crippen molar-refractivity contribution < 1.29 is 123 Å². The predicted octanol–water partition coefficient (Wildman–Crippen LogP) is -1.14. The maximum absolute atomic E-state index is 12.5. The average molecular weight is 948 g/mol. The van der Waals surface area contributed by atoms with Crippen LogP contribution in [-0.4, -0.2) is 170 Å². The Balaban J connectivity index is 1.30. The largest absolute Gasteiger partial charge is 0.571 e. The van der Waals surface area contributed by atoms with E-state index in [1.807, 2.05) is 0 Å². The maximum Gasteiger partial charge on any atom is 0.330 e. The Bertz CT molecular complexity index is 2370. The lowest BCUT2D eigenvalue weighted by molar-refractivity contribution is -0.296. The quantitative estimate of drug-likeness (QED) is 0.0202. The lowest BCUT2D eigenvalue weighted by Crippen LogP contribution is -2.61. The van der Waals surface area contributed by atoms with Crippen molar-refractivity contribution >= 4 is 42.0 Å². The van der Waals surface area contributed by atoms with E-state index in [0.717, 1.165) is 36.4 Å². The molecule has 3 aliphatic heterocycles. The molecule has 3 aromatic carbocycles. The van der Waals surface area contributed by atoms with Gasteiger partial charge < -0.3 is 99.2 Å². The van der Waals surface area contributed by atoms with Gasteiger partial charge in [-0.2, -0.15) is 0 Å². The van der Waals surface area contributed by atoms with E-state index in [1.165, 1.54) is 30.3 Å². The zero-order valence-electron chi connectivity index (χ0n) is 34.2. The third kappa shape index (κ3) is 11.9. The summed E-state index contributed by atoms with van der Waals surface area (Å²) in [6.07, 6.45) is -19.7. The van der Waals surface area contributed by atoms with Gasteiger partial charge in [0.05, 0.1) is 11.6 Å². The van der Waals surface area contributed by atoms with Gasteiger partial charge in [-0.05, 0) is 35.9 Å². The molecule has 0 aliphatic carbocycles. The fourth-order valence-corrected chi connectivity index (χ4v) is 6.81. The molecule has 0 spiro atoms. The summed E-state index contributed by atoms with van der Waals surface area (Å²) in [5.41, 5.74) is 0.271. The second-order valence-electron chi connectivity index (χ2n) is 15.0. The first kappa shape index (κ1) is 49.1. The Labute approximate surface area is 375 Å². The van der Waals surface area contributed by atoms with Crippen molar-refractivity contribution in [3.8, 4) is 40.2 Å². The third-order valence-corrected chi connectivity index (χ3v) is 10.1. The number of aliphatic hydroxyl groups is 6. The van der Waals surface area contributed by atoms with Gasteiger partial charge in [0.25, 0.3) is 11.9 Å². The zero-order chi connectivity index (χ0) is 48.9. The minimum absolute atomic E-state index is 0.0110. The number of fused-ring (bicyclic) bond motifs is 1. The van der Waals surface area contributed by atoms with Crippen LogP contribution in [0.4, 0.5) is 0 Å². The number of hydrogen-bond donors (Lipinski definition) is 12. The van der Waals surface area contributed by atoms with Gasteiger partial charge in [-0.15, -0.1) is 0 Å². The molecule has 3 aromatic rings. The van der Waals surface area contributed by atoms with Gasteiger partial charge in [0.1, 0.15) is 91.6 Å². The van der Waals surface area contributed by atoms with Crippen molar-refractivity contribution in [1.82, 2.24) is 0 Å². The number of esters is 3. The molecule has 6 rings (SSSR count). The second kappa shape index (κ2) is 20.8. The van der Waals surface area contributed by atoms with Gasteiger partial charge in [-0.25, -0.2) is 4.79 Å². The highest BCUT2D eigenvalue weighted by atomic mass is 16.7. The van der Waals surface area contributed by atoms with Crippen molar-refractivity contribution in [1.29, 1.82) is 0 Å². The summed E-state index contributed by atoms with van der Waals surface area (Å²) in [5.74, 6) is -11.0. The van der Waals surface area contributed by atoms with Crippen LogP contribution < -0.4 is 4.74 Å². The number of phenols is 5. The average Bonchev–Trinajstić information content (AvgIpc) is 3.26. The van der Waals surface area contributed by atoms with Crippen LogP contribution in [0.3, 0.4) is 0 Å². The van der Waals surface area contributed by atoms with E-state index in [4.69, 9.17) is 43.4 Å². The van der Waals surface area contributed by atoms with Crippen LogP contribution in [0.15, 0.2) is 60.4 Å². The molecule has 0 radical (unpaired) electrons. The van der Waals surface area contributed by atoms with Crippen LogP contribution in [0.25, 0.3) is 12.2 Å². The Morgan fingerprint density at radius 3 is 1.91 bits per heavy atom. The molecule has 3 heterocycles. The fourth-order valence-electron chi connectivity index (χ4n) is 6.81. The van der Waals surface area contributed by atoms with E-state index in [9.17, 15) is 75.0 Å². The molecule has 0 amide bonds. The Kier molecular flexibility index (Phi) is 15.3. The number of carbonyl (C=O) groups is 5. The van der Waals surface area contributed by atoms with E-state index >= 15 is 0 Å². The maximum atomic E-state index is 12.5. The normalized spacial score (nSPS) is 26.8. The highest BCUT2D eigenvalue weighted by molar-refractivity contribution is 5.90. The molecule has 67 heavy (non-hydrogen) atoms. The van der Waals surface area contributed by atoms with Crippen molar-refractivity contribution in [3.63, 3.8) is 0 Å². The van der Waals surface area contributed by atoms with E-state index in [2.05, 4.69) is 4.74 Å². The van der Waals surface area contributed by atoms with Crippen LogP contribution >= 0.6 is 0 Å². The topological polar surface area (TPSA) is 406 Å². The molecule has 0 bridgehead atoms. The zero-order valence-corrected chi connectivity index (χ0v) is 34.2. The van der Waals surface area contributed by atoms with E-state index in [-0.39, 0.29) is 28.4 Å². The number of aliphatic carboxylic acids is 2. The number of carbonyl (C=O) groups excluding carboxylic acids is 3. The summed E-state index contributed by atoms with van der Waals surface area (Å²) in [6.45, 7) is -1.65. The summed E-state index contributed by atoms with van der Waals surface area (Å²) < 4.78 is 43.0. The summed E-state index contributed by atoms with van der Waals surface area (Å²) in [6, 6.07) is 9.75. The van der Waals surface area contributed by atoms with E-state index in [0.29, 0.717) is 5.56 Å². The Morgan fingerprint density at radius 1 is 0.657 bits per heavy atom. The molecular weight excluding hydrogens is 904 g/mol. The van der Waals surface area contributed by atoms with Crippen LogP contribution in [0.2, 0.25) is 0 Å². The van der Waals surface area contributed by atoms with Gasteiger partial charge in [-0.1, -0.05) is 12.1 Å². The number of ether oxygens (including phenoxy) is 8. The standard InChI is InChI=1S/C42H42O25/c43-18-4-1-16(2-5-18)3-6-30(51)60-14-26-34(55)35(56)37(58)41(65-26)64-25-11-20-23(62-39(25)17-7-21(45)33(54)22(46)8-17)9-19(44)10-24(20)63-42-38(59)36(57)40(67-32(53)13-29(49)50)27(66-42)15-61-31(52)12-28(47)48/h1-11,26-27,34-46,54-59H,12-15H2,(H,47,48)(H,49,50)/p+1/b6-3+/t26-,27-,34-,35+,36-,37-,38-,39?,40-,41-,42-/m1/s1. The van der Waals surface area contributed by atoms with Crippen molar-refractivity contribution in [2.24, 2.45) is 0 Å². The first-order valence-corrected chi connectivity index (χ1v) is 19.7. The second-order valence-corrected chi connectivity index (χ2v) is 15.0. The molecule has 13 N–H and O–H groups in total. The van der Waals surface area contributed by atoms with Crippen molar-refractivity contribution in [2.75, 3.05) is 13.2 Å². The third-order valence-electron chi connectivity index (χ3n) is 10.1. The number of hydrogen-bond acceptors (Lipinski definition) is 22. The predicted molar refractivity (Wildman–Crippen MR) is 214 cm³/mol. The van der Waals surface area contributed by atoms with Crippen molar-refractivity contribution in [2.45, 2.75) is 80.4 Å². The van der Waals surface area contributed by atoms with Gasteiger partial charge >= 0.3 is 29.8 Å². The summed E-state index contributed by atoms with van der Waals surface area (Å²) in [4.78, 5) is 59.1. The Morgan fingerprint density at radius 2 is 1.25 bits per heavy atom. The van der Waals surface area contributed by atoms with Gasteiger partial charge in [0.2, 0.25) is 12.6 Å². The summed E-state index contributed by atoms with van der Waals surface area (Å²) in [7, 11) is 0. The van der Waals surface area contributed by atoms with E-state index in [1.54, 1.807) is 0 Å². The SMILES string of the molecule is O=C(O)CC(=O)OC[C@H]1O[C@@H](Oc2cc(O)cc3c2C=C(O[C@@H]2O[C@H](COC(=O)/C=C/c4ccc(O)cc4)[C@@H](O)[C@H](O)[C@H]2O)C(c2cc(O)c(O)c(O)c2)[OH+]3)[C@H](O)[C@@H](O)[C@@H]1OC(=O)CC(=O)O. The molecule has 0 aromatic heterocycles. The molecule has 25 nitrogen and oxygen atoms in total. The van der Waals surface area contributed by atoms with Crippen molar-refractivity contribution in [3.05, 3.63) is 77.1 Å². The van der Waals surface area contributed by atoms with Gasteiger partial charge in [-0.3, -0.25) is 19.2 Å². The van der Waals surface area contributed by atoms with Crippen LogP contribution in [0, 0.1) is 0 Å². The summed E-state index contributed by atoms with van der Waals surface area (Å²) >= 11 is 0. The lowest BCUT2D eigenvalue weighted by atomic mass is 9.98. The molecule has 1 unspecified atom stereocenters. The lowest BCUT2D eigenvalue weighted by Gasteiger charge is -2.42. The number of aliphatic hydroxyl groups excluding tert-OH is 5. The first-order valence-electron chi connectivity index (χ1n) is 19.7. The number of phenolic OH excluding ortho intramolecular Hbond substituents is 5. The monoisotopic (exact) mass is 947 g/mol. The molecule has 2 fully saturated rings. The van der Waals surface area contributed by atoms with Gasteiger partial charge in [0, 0.05) is 18.2 Å². The van der Waals surface area contributed by atoms with Crippen LogP contribution in [0.1, 0.15) is 35.6 Å². The highest BCUT2D eigenvalue weighted by Crippen LogP contribution is 2.48. The molecule has 360 valence electrons. The molecule has 2 saturated heterocycles. The first-order chi connectivity index (χ1) is 31.7. The van der Waals surface area contributed by atoms with Gasteiger partial charge in [0.15, 0.2) is 29.1 Å². The highest BCUT2D eigenvalue weighted by Gasteiger charge is 2.50. The number of aromatic hydroxyl groups is 6. The van der Waals surface area contributed by atoms with Crippen LogP contribution in [-0.2, 0) is 52.4 Å². The number of rotatable bonds is 16.